The number of benzene rings is 1. The number of nitrogens with one attached hydrogen (secondary N) is 1. The molecule has 0 radical (unpaired) electrons. The van der Waals surface area contributed by atoms with E-state index in [-0.39, 0.29) is 5.91 Å². The van der Waals surface area contributed by atoms with Gasteiger partial charge >= 0.3 is 0 Å². The van der Waals surface area contributed by atoms with Crippen molar-refractivity contribution in [3.8, 4) is 0 Å². The van der Waals surface area contributed by atoms with Crippen LogP contribution < -0.4 is 11.3 Å². The number of carbonyl (C=O) groups is 1. The Kier molecular flexibility index (Phi) is 2.41. The van der Waals surface area contributed by atoms with Crippen LogP contribution in [0.25, 0.3) is 10.1 Å². The first kappa shape index (κ1) is 9.45. The molecule has 0 bridgehead atoms. The summed E-state index contributed by atoms with van der Waals surface area (Å²) >= 11 is 7.33. The maximum atomic E-state index is 11.2. The van der Waals surface area contributed by atoms with E-state index < -0.39 is 0 Å². The standard InChI is InChI=1S/C9H7ClN2OS/c10-6-2-1-3-7-5(6)4-8(14-7)9(13)12-11/h1-4H,11H2,(H,12,13). The van der Waals surface area contributed by atoms with Gasteiger partial charge in [0.15, 0.2) is 0 Å². The third-order valence-corrected chi connectivity index (χ3v) is 3.29. The van der Waals surface area contributed by atoms with E-state index in [1.54, 1.807) is 12.1 Å². The van der Waals surface area contributed by atoms with E-state index in [1.807, 2.05) is 12.1 Å². The Morgan fingerprint density at radius 3 is 2.93 bits per heavy atom. The van der Waals surface area contributed by atoms with E-state index in [9.17, 15) is 4.79 Å². The molecule has 2 rings (SSSR count). The maximum absolute atomic E-state index is 11.2. The van der Waals surface area contributed by atoms with Gasteiger partial charge in [0.05, 0.1) is 4.88 Å². The van der Waals surface area contributed by atoms with Crippen LogP contribution in [0.4, 0.5) is 0 Å². The second-order valence-corrected chi connectivity index (χ2v) is 4.23. The zero-order chi connectivity index (χ0) is 10.1. The van der Waals surface area contributed by atoms with Crippen molar-refractivity contribution in [1.82, 2.24) is 5.43 Å². The maximum Gasteiger partial charge on any atom is 0.275 e. The predicted octanol–water partition coefficient (Wildman–Crippen LogP) is 2.16. The van der Waals surface area contributed by atoms with Crippen LogP contribution >= 0.6 is 22.9 Å². The number of carbonyl (C=O) groups excluding carboxylic acids is 1. The van der Waals surface area contributed by atoms with Crippen LogP contribution in [0.5, 0.6) is 0 Å². The van der Waals surface area contributed by atoms with Gasteiger partial charge in [-0.25, -0.2) is 5.84 Å². The van der Waals surface area contributed by atoms with Gasteiger partial charge in [0, 0.05) is 15.1 Å². The Bertz CT molecular complexity index is 495. The highest BCUT2D eigenvalue weighted by Gasteiger charge is 2.09. The minimum atomic E-state index is -0.290. The van der Waals surface area contributed by atoms with Crippen molar-refractivity contribution in [2.45, 2.75) is 0 Å². The van der Waals surface area contributed by atoms with Crippen LogP contribution in [0.2, 0.25) is 5.02 Å². The summed E-state index contributed by atoms with van der Waals surface area (Å²) in [6.45, 7) is 0. The molecular weight excluding hydrogens is 220 g/mol. The SMILES string of the molecule is NNC(=O)c1cc2c(Cl)cccc2s1. The number of nitrogens with two attached hydrogens (primary N) is 1. The molecule has 0 aliphatic heterocycles. The number of nitrogen functional groups attached to an aromatic ring is 1. The normalized spacial score (nSPS) is 10.4. The number of hydrazine groups is 1. The van der Waals surface area contributed by atoms with Crippen LogP contribution in [0.1, 0.15) is 9.67 Å². The molecule has 1 aromatic heterocycles. The molecule has 0 saturated carbocycles. The number of fused-ring (bicyclic) bond motifs is 1. The van der Waals surface area contributed by atoms with Crippen molar-refractivity contribution in [3.05, 3.63) is 34.2 Å². The Labute approximate surface area is 89.4 Å². The third kappa shape index (κ3) is 1.48. The van der Waals surface area contributed by atoms with Crippen molar-refractivity contribution in [2.75, 3.05) is 0 Å². The molecule has 0 unspecified atom stereocenters. The van der Waals surface area contributed by atoms with Gasteiger partial charge in [-0.2, -0.15) is 0 Å². The highest BCUT2D eigenvalue weighted by atomic mass is 35.5. The first-order valence-electron chi connectivity index (χ1n) is 3.91. The fourth-order valence-corrected chi connectivity index (χ4v) is 2.48. The number of rotatable bonds is 1. The van der Waals surface area contributed by atoms with Crippen LogP contribution in [0.3, 0.4) is 0 Å². The van der Waals surface area contributed by atoms with E-state index in [0.29, 0.717) is 9.90 Å². The number of amides is 1. The molecule has 0 aliphatic carbocycles. The highest BCUT2D eigenvalue weighted by molar-refractivity contribution is 7.20. The number of thiophene rings is 1. The van der Waals surface area contributed by atoms with Gasteiger partial charge in [0.2, 0.25) is 0 Å². The van der Waals surface area contributed by atoms with E-state index in [0.717, 1.165) is 10.1 Å². The molecule has 1 aromatic carbocycles. The van der Waals surface area contributed by atoms with Gasteiger partial charge in [-0.3, -0.25) is 10.2 Å². The molecule has 0 aliphatic rings. The molecule has 0 atom stereocenters. The summed E-state index contributed by atoms with van der Waals surface area (Å²) in [7, 11) is 0. The average molecular weight is 227 g/mol. The molecule has 1 amide bonds. The number of halogens is 1. The van der Waals surface area contributed by atoms with Crippen molar-refractivity contribution in [3.63, 3.8) is 0 Å². The van der Waals surface area contributed by atoms with Crippen LogP contribution in [0.15, 0.2) is 24.3 Å². The third-order valence-electron chi connectivity index (χ3n) is 1.86. The van der Waals surface area contributed by atoms with E-state index in [2.05, 4.69) is 5.43 Å². The molecule has 1 heterocycles. The predicted molar refractivity (Wildman–Crippen MR) is 58.5 cm³/mol. The highest BCUT2D eigenvalue weighted by Crippen LogP contribution is 2.30. The lowest BCUT2D eigenvalue weighted by Crippen LogP contribution is -2.29. The summed E-state index contributed by atoms with van der Waals surface area (Å²) in [4.78, 5) is 11.8. The average Bonchev–Trinajstić information content (AvgIpc) is 2.62. The minimum absolute atomic E-state index is 0.290. The Morgan fingerprint density at radius 2 is 2.29 bits per heavy atom. The Balaban J connectivity index is 2.62. The molecule has 72 valence electrons. The van der Waals surface area contributed by atoms with Gasteiger partial charge in [0.1, 0.15) is 0 Å². The minimum Gasteiger partial charge on any atom is -0.289 e. The summed E-state index contributed by atoms with van der Waals surface area (Å²) in [5.41, 5.74) is 2.09. The van der Waals surface area contributed by atoms with E-state index >= 15 is 0 Å². The second kappa shape index (κ2) is 3.57. The molecule has 3 nitrogen and oxygen atoms in total. The Hall–Kier alpha value is -1.10. The van der Waals surface area contributed by atoms with Crippen LogP contribution in [-0.2, 0) is 0 Å². The lowest BCUT2D eigenvalue weighted by molar-refractivity contribution is 0.0958. The molecule has 5 heteroatoms. The fraction of sp³-hybridized carbons (Fsp3) is 0. The topological polar surface area (TPSA) is 55.1 Å². The smallest absolute Gasteiger partial charge is 0.275 e. The second-order valence-electron chi connectivity index (χ2n) is 2.74. The van der Waals surface area contributed by atoms with Crippen molar-refractivity contribution < 1.29 is 4.79 Å². The first-order valence-corrected chi connectivity index (χ1v) is 5.11. The van der Waals surface area contributed by atoms with Crippen molar-refractivity contribution >= 4 is 38.9 Å². The quantitative estimate of drug-likeness (QED) is 0.445. The molecule has 2 aromatic rings. The zero-order valence-electron chi connectivity index (χ0n) is 7.08. The molecule has 0 saturated heterocycles. The summed E-state index contributed by atoms with van der Waals surface area (Å²) in [6, 6.07) is 7.30. The summed E-state index contributed by atoms with van der Waals surface area (Å²) in [6.07, 6.45) is 0. The molecule has 3 N–H and O–H groups in total. The summed E-state index contributed by atoms with van der Waals surface area (Å²) in [5, 5.41) is 1.53. The monoisotopic (exact) mass is 226 g/mol. The lowest BCUT2D eigenvalue weighted by Gasteiger charge is -1.91. The summed E-state index contributed by atoms with van der Waals surface area (Å²) in [5.74, 6) is 4.75. The molecule has 0 fully saturated rings. The van der Waals surface area contributed by atoms with Crippen LogP contribution in [0, 0.1) is 0 Å². The first-order chi connectivity index (χ1) is 6.72. The molecule has 14 heavy (non-hydrogen) atoms. The van der Waals surface area contributed by atoms with Gasteiger partial charge < -0.3 is 0 Å². The van der Waals surface area contributed by atoms with E-state index in [1.165, 1.54) is 11.3 Å². The number of hydrogen-bond donors (Lipinski definition) is 2. The van der Waals surface area contributed by atoms with Crippen molar-refractivity contribution in [2.24, 2.45) is 5.84 Å². The Morgan fingerprint density at radius 1 is 1.50 bits per heavy atom. The van der Waals surface area contributed by atoms with Gasteiger partial charge in [-0.15, -0.1) is 11.3 Å². The largest absolute Gasteiger partial charge is 0.289 e. The zero-order valence-corrected chi connectivity index (χ0v) is 8.65. The van der Waals surface area contributed by atoms with Crippen molar-refractivity contribution in [1.29, 1.82) is 0 Å². The van der Waals surface area contributed by atoms with Gasteiger partial charge in [-0.05, 0) is 18.2 Å². The number of hydrogen-bond acceptors (Lipinski definition) is 3. The summed E-state index contributed by atoms with van der Waals surface area (Å²) < 4.78 is 0.983. The lowest BCUT2D eigenvalue weighted by atomic mass is 10.2. The fourth-order valence-electron chi connectivity index (χ4n) is 1.21. The van der Waals surface area contributed by atoms with Gasteiger partial charge in [0.25, 0.3) is 5.91 Å². The molecule has 0 spiro atoms. The van der Waals surface area contributed by atoms with Crippen LogP contribution in [-0.4, -0.2) is 5.91 Å². The van der Waals surface area contributed by atoms with E-state index in [4.69, 9.17) is 17.4 Å². The van der Waals surface area contributed by atoms with Gasteiger partial charge in [-0.1, -0.05) is 17.7 Å². The molecular formula is C9H7ClN2OS.